The normalized spacial score (nSPS) is 13.1. The Balaban J connectivity index is 1.15. The van der Waals surface area contributed by atoms with Crippen molar-refractivity contribution in [3.05, 3.63) is 186 Å². The monoisotopic (exact) mass is 644 g/mol. The average molecular weight is 645 g/mol. The van der Waals surface area contributed by atoms with Crippen molar-refractivity contribution in [1.29, 1.82) is 0 Å². The van der Waals surface area contributed by atoms with E-state index in [0.29, 0.717) is 0 Å². The second kappa shape index (κ2) is 11.4. The largest absolute Gasteiger partial charge is 0.314 e. The Kier molecular flexibility index (Phi) is 6.53. The minimum Gasteiger partial charge on any atom is -0.314 e. The van der Waals surface area contributed by atoms with E-state index in [9.17, 15) is 0 Å². The zero-order chi connectivity index (χ0) is 32.3. The Morgan fingerprint density at radius 2 is 1.04 bits per heavy atom. The molecule has 232 valence electrons. The molecule has 2 heterocycles. The van der Waals surface area contributed by atoms with Gasteiger partial charge in [0.25, 0.3) is 0 Å². The van der Waals surface area contributed by atoms with Crippen molar-refractivity contribution in [3.63, 3.8) is 0 Å². The van der Waals surface area contributed by atoms with Gasteiger partial charge < -0.3 is 9.47 Å². The molecule has 7 aromatic carbocycles. The summed E-state index contributed by atoms with van der Waals surface area (Å²) in [5.41, 5.74) is 10.0. The number of benzene rings is 7. The SMILES string of the molecule is c1ccc(N(C2=c3ccccc3=C(c3ccc4sc5ccccc5c4c3)CC2)c2ccc(-n3c4ccccc4c4ccccc43)cc2)cc1. The molecular weight excluding hydrogens is 613 g/mol. The van der Waals surface area contributed by atoms with Gasteiger partial charge in [0.1, 0.15) is 0 Å². The summed E-state index contributed by atoms with van der Waals surface area (Å²) in [6.07, 6.45) is 1.92. The van der Waals surface area contributed by atoms with E-state index in [2.05, 4.69) is 179 Å². The summed E-state index contributed by atoms with van der Waals surface area (Å²) >= 11 is 1.88. The zero-order valence-electron chi connectivity index (χ0n) is 26.9. The molecule has 0 saturated carbocycles. The van der Waals surface area contributed by atoms with Crippen molar-refractivity contribution < 1.29 is 0 Å². The summed E-state index contributed by atoms with van der Waals surface area (Å²) in [4.78, 5) is 2.47. The predicted molar refractivity (Wildman–Crippen MR) is 210 cm³/mol. The molecular formula is C46H32N2S. The van der Waals surface area contributed by atoms with Gasteiger partial charge in [0, 0.05) is 58.9 Å². The van der Waals surface area contributed by atoms with Crippen molar-refractivity contribution >= 4 is 76.0 Å². The van der Waals surface area contributed by atoms with E-state index in [-0.39, 0.29) is 0 Å². The molecule has 2 nitrogen and oxygen atoms in total. The van der Waals surface area contributed by atoms with Crippen LogP contribution in [-0.4, -0.2) is 4.57 Å². The first-order chi connectivity index (χ1) is 24.3. The molecule has 0 radical (unpaired) electrons. The molecule has 3 heteroatoms. The van der Waals surface area contributed by atoms with Gasteiger partial charge in [0.2, 0.25) is 0 Å². The third-order valence-electron chi connectivity index (χ3n) is 10.1. The van der Waals surface area contributed by atoms with E-state index in [1.165, 1.54) is 74.9 Å². The van der Waals surface area contributed by atoms with Crippen molar-refractivity contribution in [1.82, 2.24) is 4.57 Å². The lowest BCUT2D eigenvalue weighted by atomic mass is 9.90. The Bertz CT molecular complexity index is 2770. The quantitative estimate of drug-likeness (QED) is 0.181. The van der Waals surface area contributed by atoms with Gasteiger partial charge in [-0.05, 0) is 95.9 Å². The van der Waals surface area contributed by atoms with E-state index in [4.69, 9.17) is 0 Å². The van der Waals surface area contributed by atoms with Gasteiger partial charge in [0.15, 0.2) is 0 Å². The van der Waals surface area contributed by atoms with Crippen LogP contribution in [0.2, 0.25) is 0 Å². The lowest BCUT2D eigenvalue weighted by Crippen LogP contribution is -2.37. The third-order valence-corrected chi connectivity index (χ3v) is 11.3. The van der Waals surface area contributed by atoms with Crippen LogP contribution in [0.5, 0.6) is 0 Å². The standard InChI is InChI=1S/C46H32N2S/c1-2-12-32(13-3-1)47(33-23-25-34(26-24-33)48-42-19-9-6-16-38(42)39-17-7-10-20-43(39)48)44-28-27-35(36-14-4-5-15-37(36)44)31-22-29-46-41(30-31)40-18-8-11-21-45(40)49-46/h1-26,29-30H,27-28H2. The number of fused-ring (bicyclic) bond motifs is 7. The molecule has 0 unspecified atom stereocenters. The van der Waals surface area contributed by atoms with Crippen molar-refractivity contribution in [2.24, 2.45) is 0 Å². The van der Waals surface area contributed by atoms with E-state index in [0.717, 1.165) is 24.2 Å². The van der Waals surface area contributed by atoms with Crippen molar-refractivity contribution in [2.75, 3.05) is 4.90 Å². The van der Waals surface area contributed by atoms with Crippen molar-refractivity contribution in [3.8, 4) is 5.69 Å². The molecule has 0 aliphatic heterocycles. The smallest absolute Gasteiger partial charge is 0.0541 e. The van der Waals surface area contributed by atoms with Gasteiger partial charge in [-0.15, -0.1) is 11.3 Å². The van der Waals surface area contributed by atoms with E-state index >= 15 is 0 Å². The molecule has 0 fully saturated rings. The minimum absolute atomic E-state index is 0.943. The van der Waals surface area contributed by atoms with Crippen LogP contribution in [0.3, 0.4) is 0 Å². The Morgan fingerprint density at radius 3 is 1.80 bits per heavy atom. The Hall–Kier alpha value is -5.90. The molecule has 0 spiro atoms. The van der Waals surface area contributed by atoms with Gasteiger partial charge in [-0.3, -0.25) is 0 Å². The highest BCUT2D eigenvalue weighted by Crippen LogP contribution is 2.39. The summed E-state index contributed by atoms with van der Waals surface area (Å²) in [6, 6.07) is 62.2. The van der Waals surface area contributed by atoms with Crippen molar-refractivity contribution in [2.45, 2.75) is 12.8 Å². The topological polar surface area (TPSA) is 8.17 Å². The van der Waals surface area contributed by atoms with Crippen LogP contribution >= 0.6 is 11.3 Å². The molecule has 9 aromatic rings. The first kappa shape index (κ1) is 28.1. The second-order valence-corrected chi connectivity index (χ2v) is 13.9. The highest BCUT2D eigenvalue weighted by atomic mass is 32.1. The highest BCUT2D eigenvalue weighted by molar-refractivity contribution is 7.25. The first-order valence-electron chi connectivity index (χ1n) is 17.0. The molecule has 0 bridgehead atoms. The molecule has 0 saturated heterocycles. The highest BCUT2D eigenvalue weighted by Gasteiger charge is 2.21. The van der Waals surface area contributed by atoms with Crippen LogP contribution < -0.4 is 15.3 Å². The summed E-state index contributed by atoms with van der Waals surface area (Å²) in [6.45, 7) is 0. The van der Waals surface area contributed by atoms with Gasteiger partial charge in [-0.1, -0.05) is 103 Å². The molecule has 0 amide bonds. The fourth-order valence-corrected chi connectivity index (χ4v) is 9.03. The number of thiophene rings is 1. The molecule has 49 heavy (non-hydrogen) atoms. The van der Waals surface area contributed by atoms with Gasteiger partial charge in [-0.2, -0.15) is 0 Å². The summed E-state index contributed by atoms with van der Waals surface area (Å²) < 4.78 is 5.09. The summed E-state index contributed by atoms with van der Waals surface area (Å²) in [7, 11) is 0. The first-order valence-corrected chi connectivity index (χ1v) is 17.8. The number of hydrogen-bond donors (Lipinski definition) is 0. The third kappa shape index (κ3) is 4.54. The minimum atomic E-state index is 0.943. The Labute approximate surface area is 288 Å². The average Bonchev–Trinajstić information content (AvgIpc) is 3.71. The molecule has 1 aliphatic carbocycles. The van der Waals surface area contributed by atoms with Crippen LogP contribution in [0.4, 0.5) is 11.4 Å². The lowest BCUT2D eigenvalue weighted by molar-refractivity contribution is 1.000. The van der Waals surface area contributed by atoms with Crippen LogP contribution in [0, 0.1) is 0 Å². The van der Waals surface area contributed by atoms with Crippen LogP contribution in [0.1, 0.15) is 18.4 Å². The predicted octanol–water partition coefficient (Wildman–Crippen LogP) is 11.1. The van der Waals surface area contributed by atoms with E-state index in [1.807, 2.05) is 11.3 Å². The fourth-order valence-electron chi connectivity index (χ4n) is 7.95. The van der Waals surface area contributed by atoms with Gasteiger partial charge >= 0.3 is 0 Å². The van der Waals surface area contributed by atoms with E-state index in [1.54, 1.807) is 0 Å². The number of para-hydroxylation sites is 3. The lowest BCUT2D eigenvalue weighted by Gasteiger charge is -2.31. The van der Waals surface area contributed by atoms with Gasteiger partial charge in [-0.25, -0.2) is 0 Å². The fraction of sp³-hybridized carbons (Fsp3) is 0.0435. The second-order valence-electron chi connectivity index (χ2n) is 12.8. The maximum Gasteiger partial charge on any atom is 0.0541 e. The number of nitrogens with zero attached hydrogens (tertiary/aromatic N) is 2. The molecule has 1 aliphatic rings. The Morgan fingerprint density at radius 1 is 0.449 bits per heavy atom. The zero-order valence-corrected chi connectivity index (χ0v) is 27.7. The van der Waals surface area contributed by atoms with Crippen LogP contribution in [0.15, 0.2) is 170 Å². The molecule has 0 N–H and O–H groups in total. The van der Waals surface area contributed by atoms with Crippen LogP contribution in [0.25, 0.3) is 58.9 Å². The molecule has 2 aromatic heterocycles. The summed E-state index contributed by atoms with van der Waals surface area (Å²) in [5, 5.41) is 7.88. The summed E-state index contributed by atoms with van der Waals surface area (Å²) in [5.74, 6) is 0. The number of hydrogen-bond acceptors (Lipinski definition) is 2. The van der Waals surface area contributed by atoms with Crippen LogP contribution in [-0.2, 0) is 0 Å². The number of aromatic nitrogens is 1. The maximum atomic E-state index is 2.47. The molecule has 0 atom stereocenters. The maximum absolute atomic E-state index is 2.47. The number of anilines is 2. The molecule has 10 rings (SSSR count). The van der Waals surface area contributed by atoms with E-state index < -0.39 is 0 Å². The van der Waals surface area contributed by atoms with Gasteiger partial charge in [0.05, 0.1) is 11.0 Å². The number of rotatable bonds is 5.